The zero-order valence-electron chi connectivity index (χ0n) is 16.5. The highest BCUT2D eigenvalue weighted by Gasteiger charge is 2.27. The highest BCUT2D eigenvalue weighted by atomic mass is 32.3. The van der Waals surface area contributed by atoms with Crippen LogP contribution in [0.5, 0.6) is 0 Å². The minimum atomic E-state index is -4.12. The average molecular weight is 427 g/mol. The molecular formula is C19H26N2O3S3. The van der Waals surface area contributed by atoms with Crippen LogP contribution in [-0.4, -0.2) is 23.6 Å². The van der Waals surface area contributed by atoms with Gasteiger partial charge in [-0.1, -0.05) is 46.5 Å². The molecule has 0 N–H and O–H groups in total. The van der Waals surface area contributed by atoms with Crippen LogP contribution in [-0.2, 0) is 31.0 Å². The largest absolute Gasteiger partial charge is 0.329 e. The third kappa shape index (κ3) is 5.57. The second-order valence-electron chi connectivity index (χ2n) is 7.34. The highest BCUT2D eigenvalue weighted by Crippen LogP contribution is 2.32. The van der Waals surface area contributed by atoms with Gasteiger partial charge in [0.05, 0.1) is 11.2 Å². The molecule has 0 spiro atoms. The molecule has 0 heterocycles. The summed E-state index contributed by atoms with van der Waals surface area (Å²) < 4.78 is 47.4. The standard InChI is InChI=1S/C19H26N2O3S3/c1-15-7-11-17(12-8-15)26(22,20-25(6)19(3,4)5)21-27(23,24)18-13-9-16(2)10-14-18/h7-14H,1-6H3. The summed E-state index contributed by atoms with van der Waals surface area (Å²) in [5.41, 5.74) is 1.91. The molecule has 0 saturated heterocycles. The zero-order valence-corrected chi connectivity index (χ0v) is 18.9. The van der Waals surface area contributed by atoms with Gasteiger partial charge in [-0.25, -0.2) is 0 Å². The minimum Gasteiger partial charge on any atom is -0.329 e. The second-order valence-corrected chi connectivity index (χ2v) is 13.6. The molecule has 2 aromatic rings. The van der Waals surface area contributed by atoms with Crippen LogP contribution >= 0.6 is 0 Å². The zero-order chi connectivity index (χ0) is 20.5. The highest BCUT2D eigenvalue weighted by molar-refractivity contribution is 8.18. The van der Waals surface area contributed by atoms with Gasteiger partial charge in [-0.3, -0.25) is 4.21 Å². The van der Waals surface area contributed by atoms with E-state index in [2.05, 4.69) is 7.90 Å². The Morgan fingerprint density at radius 3 is 1.63 bits per heavy atom. The Morgan fingerprint density at radius 2 is 1.22 bits per heavy atom. The normalized spacial score (nSPS) is 15.8. The summed E-state index contributed by atoms with van der Waals surface area (Å²) in [4.78, 5) is 0.308. The molecule has 2 atom stereocenters. The maximum Gasteiger partial charge on any atom is 0.289 e. The second kappa shape index (κ2) is 7.95. The van der Waals surface area contributed by atoms with E-state index < -0.39 is 31.0 Å². The van der Waals surface area contributed by atoms with E-state index in [0.29, 0.717) is 4.90 Å². The summed E-state index contributed by atoms with van der Waals surface area (Å²) in [5, 5.41) is 0. The monoisotopic (exact) mass is 426 g/mol. The van der Waals surface area contributed by atoms with Crippen molar-refractivity contribution in [3.05, 3.63) is 63.8 Å². The van der Waals surface area contributed by atoms with Crippen molar-refractivity contribution in [2.75, 3.05) is 6.26 Å². The van der Waals surface area contributed by atoms with Crippen molar-refractivity contribution in [1.29, 1.82) is 0 Å². The van der Waals surface area contributed by atoms with E-state index in [1.807, 2.05) is 40.9 Å². The number of hydrogen-bond acceptors (Lipinski definition) is 3. The van der Waals surface area contributed by atoms with Gasteiger partial charge in [-0.15, -0.1) is 3.77 Å². The minimum absolute atomic E-state index is 0.00915. The number of rotatable bonds is 5. The van der Waals surface area contributed by atoms with Crippen molar-refractivity contribution in [1.82, 2.24) is 0 Å². The Balaban J connectivity index is 2.64. The lowest BCUT2D eigenvalue weighted by Gasteiger charge is -2.30. The van der Waals surface area contributed by atoms with Crippen molar-refractivity contribution < 1.29 is 12.6 Å². The van der Waals surface area contributed by atoms with Crippen LogP contribution in [0.1, 0.15) is 31.9 Å². The van der Waals surface area contributed by atoms with Crippen molar-refractivity contribution in [3.63, 3.8) is 0 Å². The molecule has 0 aliphatic heterocycles. The summed E-state index contributed by atoms with van der Waals surface area (Å²) in [6.07, 6.45) is 1.85. The molecule has 148 valence electrons. The first-order valence-corrected chi connectivity index (χ1v) is 12.9. The van der Waals surface area contributed by atoms with Gasteiger partial charge in [-0.2, -0.15) is 8.42 Å². The van der Waals surface area contributed by atoms with E-state index >= 15 is 0 Å². The fraction of sp³-hybridized carbons (Fsp3) is 0.368. The molecule has 0 aliphatic rings. The summed E-state index contributed by atoms with van der Waals surface area (Å²) in [6.45, 7) is 9.70. The Hall–Kier alpha value is -1.35. The van der Waals surface area contributed by atoms with Gasteiger partial charge >= 0.3 is 0 Å². The molecule has 0 amide bonds. The summed E-state index contributed by atoms with van der Waals surface area (Å²) in [5.74, 6) is 0. The first-order chi connectivity index (χ1) is 12.3. The van der Waals surface area contributed by atoms with Crippen LogP contribution in [0.3, 0.4) is 0 Å². The van der Waals surface area contributed by atoms with Crippen molar-refractivity contribution >= 4 is 31.0 Å². The van der Waals surface area contributed by atoms with E-state index in [-0.39, 0.29) is 9.64 Å². The molecule has 27 heavy (non-hydrogen) atoms. The lowest BCUT2D eigenvalue weighted by Crippen LogP contribution is -2.27. The Kier molecular flexibility index (Phi) is 6.46. The van der Waals surface area contributed by atoms with Gasteiger partial charge in [0.15, 0.2) is 0 Å². The average Bonchev–Trinajstić information content (AvgIpc) is 2.54. The van der Waals surface area contributed by atoms with Crippen LogP contribution in [0.2, 0.25) is 0 Å². The molecule has 0 radical (unpaired) electrons. The van der Waals surface area contributed by atoms with Crippen molar-refractivity contribution in [2.45, 2.75) is 49.2 Å². The predicted octanol–water partition coefficient (Wildman–Crippen LogP) is 4.77. The van der Waals surface area contributed by atoms with Crippen molar-refractivity contribution in [2.24, 2.45) is 3.77 Å². The van der Waals surface area contributed by atoms with Gasteiger partial charge in [0.2, 0.25) is 0 Å². The lowest BCUT2D eigenvalue weighted by molar-refractivity contribution is 0.598. The van der Waals surface area contributed by atoms with E-state index in [4.69, 9.17) is 0 Å². The third-order valence-corrected chi connectivity index (χ3v) is 10.8. The molecule has 2 unspecified atom stereocenters. The molecule has 0 fully saturated rings. The van der Waals surface area contributed by atoms with Crippen molar-refractivity contribution in [3.8, 4) is 0 Å². The molecule has 0 saturated carbocycles. The molecule has 0 bridgehead atoms. The van der Waals surface area contributed by atoms with Gasteiger partial charge in [-0.05, 0) is 58.9 Å². The lowest BCUT2D eigenvalue weighted by atomic mass is 10.2. The van der Waals surface area contributed by atoms with Crippen LogP contribution < -0.4 is 0 Å². The summed E-state index contributed by atoms with van der Waals surface area (Å²) in [7, 11) is -7.63. The molecule has 0 aliphatic carbocycles. The number of nitrogens with zero attached hydrogens (tertiary/aromatic N) is 2. The van der Waals surface area contributed by atoms with Crippen LogP contribution in [0.15, 0.2) is 62.1 Å². The number of aryl methyl sites for hydroxylation is 2. The van der Waals surface area contributed by atoms with Crippen LogP contribution in [0.25, 0.3) is 4.13 Å². The van der Waals surface area contributed by atoms with Gasteiger partial charge in [0.1, 0.15) is 4.75 Å². The third-order valence-electron chi connectivity index (χ3n) is 3.95. The topological polar surface area (TPSA) is 77.7 Å². The van der Waals surface area contributed by atoms with Gasteiger partial charge in [0.25, 0.3) is 10.0 Å². The fourth-order valence-electron chi connectivity index (χ4n) is 1.96. The SMILES string of the molecule is Cc1ccc(S(=O)(=O)N=S(=O)([N-][S+](C)C(C)(C)C)c2ccc(C)cc2)cc1. The molecule has 2 rings (SSSR count). The first-order valence-electron chi connectivity index (χ1n) is 8.39. The number of sulfonamides is 1. The maximum absolute atomic E-state index is 13.7. The molecule has 2 aromatic carbocycles. The van der Waals surface area contributed by atoms with E-state index in [0.717, 1.165) is 11.1 Å². The quantitative estimate of drug-likeness (QED) is 0.646. The van der Waals surface area contributed by atoms with E-state index in [1.165, 1.54) is 12.1 Å². The first kappa shape index (κ1) is 21.9. The summed E-state index contributed by atoms with van der Waals surface area (Å²) in [6, 6.07) is 13.1. The van der Waals surface area contributed by atoms with E-state index in [1.54, 1.807) is 36.4 Å². The molecule has 8 heteroatoms. The number of hydrogen-bond donors (Lipinski definition) is 0. The van der Waals surface area contributed by atoms with Gasteiger partial charge < -0.3 is 4.13 Å². The Bertz CT molecular complexity index is 1010. The summed E-state index contributed by atoms with van der Waals surface area (Å²) >= 11 is -0.666. The van der Waals surface area contributed by atoms with E-state index in [9.17, 15) is 12.6 Å². The smallest absolute Gasteiger partial charge is 0.289 e. The van der Waals surface area contributed by atoms with Gasteiger partial charge in [0, 0.05) is 14.8 Å². The molecule has 5 nitrogen and oxygen atoms in total. The fourth-order valence-corrected chi connectivity index (χ4v) is 7.49. The molecular weight excluding hydrogens is 400 g/mol. The Labute approximate surface area is 166 Å². The maximum atomic E-state index is 13.7. The predicted molar refractivity (Wildman–Crippen MR) is 115 cm³/mol. The van der Waals surface area contributed by atoms with Crippen LogP contribution in [0, 0.1) is 13.8 Å². The van der Waals surface area contributed by atoms with Crippen LogP contribution in [0.4, 0.5) is 0 Å². The molecule has 0 aromatic heterocycles. The number of benzene rings is 2. The Morgan fingerprint density at radius 1 is 0.815 bits per heavy atom.